The van der Waals surface area contributed by atoms with Crippen molar-refractivity contribution in [2.45, 2.75) is 6.42 Å². The normalized spacial score (nSPS) is 14.7. The highest BCUT2D eigenvalue weighted by Crippen LogP contribution is 2.08. The maximum atomic E-state index is 2.27. The smallest absolute Gasteiger partial charge is 0.00354 e. The molecule has 0 N–H and O–H groups in total. The summed E-state index contributed by atoms with van der Waals surface area (Å²) in [5.74, 6) is 1.23. The molecule has 54 valence electrons. The fraction of sp³-hybridized carbons (Fsp3) is 0.333. The van der Waals surface area contributed by atoms with Gasteiger partial charge in [0.2, 0.25) is 0 Å². The lowest BCUT2D eigenvalue weighted by molar-refractivity contribution is 1.23. The summed E-state index contributed by atoms with van der Waals surface area (Å²) in [4.78, 5) is 0. The Kier molecular flexibility index (Phi) is 3.37. The molecule has 1 aliphatic carbocycles. The highest BCUT2D eigenvalue weighted by molar-refractivity contribution is 7.98. The fourth-order valence-corrected chi connectivity index (χ4v) is 1.22. The molecular formula is C9H12S. The molecule has 0 heterocycles. The summed E-state index contributed by atoms with van der Waals surface area (Å²) in [6.45, 7) is 0. The minimum Gasteiger partial charge on any atom is -0.165 e. The van der Waals surface area contributed by atoms with Crippen LogP contribution in [0, 0.1) is 0 Å². The first kappa shape index (κ1) is 7.67. The van der Waals surface area contributed by atoms with E-state index in [1.165, 1.54) is 17.7 Å². The first-order chi connectivity index (χ1) is 4.93. The lowest BCUT2D eigenvalue weighted by Crippen LogP contribution is -1.73. The molecule has 0 saturated carbocycles. The predicted molar refractivity (Wildman–Crippen MR) is 49.4 cm³/mol. The molecule has 0 spiro atoms. The first-order valence-corrected chi connectivity index (χ1v) is 4.87. The Hall–Kier alpha value is -0.430. The minimum atomic E-state index is 1.19. The minimum absolute atomic E-state index is 1.19. The second kappa shape index (κ2) is 4.40. The average Bonchev–Trinajstić information content (AvgIpc) is 2.41. The van der Waals surface area contributed by atoms with Crippen LogP contribution in [0.1, 0.15) is 6.42 Å². The lowest BCUT2D eigenvalue weighted by Gasteiger charge is -1.90. The number of hydrogen-bond acceptors (Lipinski definition) is 1. The van der Waals surface area contributed by atoms with Gasteiger partial charge in [-0.15, -0.1) is 0 Å². The third-order valence-corrected chi connectivity index (χ3v) is 2.03. The summed E-state index contributed by atoms with van der Waals surface area (Å²) in [6.07, 6.45) is 14.0. The lowest BCUT2D eigenvalue weighted by atomic mass is 10.2. The van der Waals surface area contributed by atoms with Crippen molar-refractivity contribution in [3.8, 4) is 0 Å². The van der Waals surface area contributed by atoms with Crippen molar-refractivity contribution in [2.24, 2.45) is 0 Å². The van der Waals surface area contributed by atoms with E-state index >= 15 is 0 Å². The van der Waals surface area contributed by atoms with E-state index in [2.05, 4.69) is 36.6 Å². The summed E-state index contributed by atoms with van der Waals surface area (Å²) in [5, 5.41) is 0. The van der Waals surface area contributed by atoms with Crippen LogP contribution in [0.3, 0.4) is 0 Å². The molecule has 0 fully saturated rings. The summed E-state index contributed by atoms with van der Waals surface area (Å²) in [7, 11) is 0. The molecule has 0 unspecified atom stereocenters. The van der Waals surface area contributed by atoms with Gasteiger partial charge in [0.15, 0.2) is 0 Å². The first-order valence-electron chi connectivity index (χ1n) is 3.47. The van der Waals surface area contributed by atoms with E-state index in [0.717, 1.165) is 0 Å². The molecule has 0 aromatic rings. The van der Waals surface area contributed by atoms with Crippen LogP contribution in [-0.2, 0) is 0 Å². The van der Waals surface area contributed by atoms with Crippen LogP contribution in [0.4, 0.5) is 0 Å². The highest BCUT2D eigenvalue weighted by atomic mass is 32.2. The Morgan fingerprint density at radius 2 is 2.10 bits per heavy atom. The van der Waals surface area contributed by atoms with Gasteiger partial charge in [-0.2, -0.15) is 11.8 Å². The zero-order valence-electron chi connectivity index (χ0n) is 6.21. The Morgan fingerprint density at radius 3 is 2.70 bits per heavy atom. The molecule has 1 rings (SSSR count). The van der Waals surface area contributed by atoms with Crippen LogP contribution in [0.15, 0.2) is 36.0 Å². The van der Waals surface area contributed by atoms with Gasteiger partial charge >= 0.3 is 0 Å². The summed E-state index contributed by atoms with van der Waals surface area (Å²) in [5.41, 5.74) is 1.36. The van der Waals surface area contributed by atoms with Gasteiger partial charge in [0.25, 0.3) is 0 Å². The molecule has 0 amide bonds. The zero-order chi connectivity index (χ0) is 7.23. The van der Waals surface area contributed by atoms with Crippen molar-refractivity contribution in [3.05, 3.63) is 36.0 Å². The molecule has 0 atom stereocenters. The second-order valence-corrected chi connectivity index (χ2v) is 3.19. The molecule has 0 saturated heterocycles. The van der Waals surface area contributed by atoms with Crippen LogP contribution in [-0.4, -0.2) is 12.0 Å². The standard InChI is InChI=1S/C9H12S/c1-10-8-4-7-9-5-2-3-6-9/h2-3,5-7H,4,8H2,1H3. The Labute approximate surface area is 66.7 Å². The van der Waals surface area contributed by atoms with E-state index in [4.69, 9.17) is 0 Å². The van der Waals surface area contributed by atoms with Gasteiger partial charge in [0.1, 0.15) is 0 Å². The highest BCUT2D eigenvalue weighted by Gasteiger charge is 1.88. The van der Waals surface area contributed by atoms with E-state index in [-0.39, 0.29) is 0 Å². The van der Waals surface area contributed by atoms with Crippen LogP contribution in [0.25, 0.3) is 0 Å². The molecule has 0 aromatic heterocycles. The Bertz CT molecular complexity index is 161. The van der Waals surface area contributed by atoms with Crippen molar-refractivity contribution >= 4 is 11.8 Å². The zero-order valence-corrected chi connectivity index (χ0v) is 7.03. The van der Waals surface area contributed by atoms with E-state index in [1.807, 2.05) is 11.8 Å². The van der Waals surface area contributed by atoms with Gasteiger partial charge in [-0.3, -0.25) is 0 Å². The average molecular weight is 152 g/mol. The van der Waals surface area contributed by atoms with Crippen LogP contribution in [0.2, 0.25) is 0 Å². The van der Waals surface area contributed by atoms with E-state index in [0.29, 0.717) is 0 Å². The monoisotopic (exact) mass is 152 g/mol. The van der Waals surface area contributed by atoms with Gasteiger partial charge < -0.3 is 0 Å². The molecule has 0 aromatic carbocycles. The maximum Gasteiger partial charge on any atom is -0.00354 e. The van der Waals surface area contributed by atoms with Crippen molar-refractivity contribution < 1.29 is 0 Å². The Balaban J connectivity index is 2.26. The molecule has 1 aliphatic rings. The van der Waals surface area contributed by atoms with E-state index in [1.54, 1.807) is 0 Å². The van der Waals surface area contributed by atoms with Crippen molar-refractivity contribution in [1.82, 2.24) is 0 Å². The molecule has 0 bridgehead atoms. The second-order valence-electron chi connectivity index (χ2n) is 2.20. The number of allylic oxidation sites excluding steroid dienone is 6. The van der Waals surface area contributed by atoms with E-state index in [9.17, 15) is 0 Å². The number of hydrogen-bond donors (Lipinski definition) is 0. The van der Waals surface area contributed by atoms with Gasteiger partial charge in [-0.25, -0.2) is 0 Å². The van der Waals surface area contributed by atoms with Gasteiger partial charge in [0.05, 0.1) is 0 Å². The number of rotatable bonds is 3. The predicted octanol–water partition coefficient (Wildman–Crippen LogP) is 2.79. The fourth-order valence-electron chi connectivity index (χ4n) is 0.868. The number of thioether (sulfide) groups is 1. The quantitative estimate of drug-likeness (QED) is 0.560. The largest absolute Gasteiger partial charge is 0.165 e. The van der Waals surface area contributed by atoms with Gasteiger partial charge in [-0.05, 0) is 24.0 Å². The molecule has 0 aliphatic heterocycles. The third-order valence-electron chi connectivity index (χ3n) is 1.39. The van der Waals surface area contributed by atoms with Crippen LogP contribution < -0.4 is 0 Å². The van der Waals surface area contributed by atoms with Crippen molar-refractivity contribution in [3.63, 3.8) is 0 Å². The summed E-state index contributed by atoms with van der Waals surface area (Å²) >= 11 is 1.89. The topological polar surface area (TPSA) is 0 Å². The summed E-state index contributed by atoms with van der Waals surface area (Å²) < 4.78 is 0. The molecule has 1 heteroatoms. The van der Waals surface area contributed by atoms with Crippen LogP contribution in [0.5, 0.6) is 0 Å². The van der Waals surface area contributed by atoms with Crippen molar-refractivity contribution in [1.29, 1.82) is 0 Å². The third kappa shape index (κ3) is 2.44. The van der Waals surface area contributed by atoms with E-state index < -0.39 is 0 Å². The van der Waals surface area contributed by atoms with Crippen molar-refractivity contribution in [2.75, 3.05) is 12.0 Å². The summed E-state index contributed by atoms with van der Waals surface area (Å²) in [6, 6.07) is 0. The van der Waals surface area contributed by atoms with Gasteiger partial charge in [-0.1, -0.05) is 30.4 Å². The van der Waals surface area contributed by atoms with Gasteiger partial charge in [0, 0.05) is 0 Å². The molecule has 0 nitrogen and oxygen atoms in total. The maximum absolute atomic E-state index is 2.27. The molecule has 10 heavy (non-hydrogen) atoms. The molecular weight excluding hydrogens is 140 g/mol. The van der Waals surface area contributed by atoms with Crippen LogP contribution >= 0.6 is 11.8 Å². The Morgan fingerprint density at radius 1 is 1.40 bits per heavy atom. The SMILES string of the molecule is CSCCC=C1C=CC=C1. The molecule has 0 radical (unpaired) electrons.